The summed E-state index contributed by atoms with van der Waals surface area (Å²) in [5.74, 6) is 0.978. The molecule has 4 nitrogen and oxygen atoms in total. The summed E-state index contributed by atoms with van der Waals surface area (Å²) in [7, 11) is 0. The quantitative estimate of drug-likeness (QED) is 0.786. The van der Waals surface area contributed by atoms with Gasteiger partial charge in [0.15, 0.2) is 0 Å². The highest BCUT2D eigenvalue weighted by molar-refractivity contribution is 5.47. The predicted molar refractivity (Wildman–Crippen MR) is 55.5 cm³/mol. The molecule has 78 valence electrons. The Balaban J connectivity index is 2.29. The fraction of sp³-hybridized carbons (Fsp3) is 0.700. The summed E-state index contributed by atoms with van der Waals surface area (Å²) in [6.07, 6.45) is 1.03. The van der Waals surface area contributed by atoms with Crippen molar-refractivity contribution in [2.24, 2.45) is 0 Å². The Morgan fingerprint density at radius 1 is 1.43 bits per heavy atom. The van der Waals surface area contributed by atoms with Crippen LogP contribution < -0.4 is 10.2 Å². The van der Waals surface area contributed by atoms with Crippen molar-refractivity contribution in [1.29, 1.82) is 0 Å². The molecule has 0 bridgehead atoms. The van der Waals surface area contributed by atoms with Crippen molar-refractivity contribution in [3.05, 3.63) is 11.3 Å². The van der Waals surface area contributed by atoms with E-state index in [9.17, 15) is 0 Å². The van der Waals surface area contributed by atoms with E-state index >= 15 is 0 Å². The Bertz CT molecular complexity index is 304. The van der Waals surface area contributed by atoms with Crippen LogP contribution in [-0.2, 0) is 13.0 Å². The first-order valence-electron chi connectivity index (χ1n) is 5.29. The fourth-order valence-electron chi connectivity index (χ4n) is 1.90. The van der Waals surface area contributed by atoms with Crippen LogP contribution in [0, 0.1) is 0 Å². The van der Waals surface area contributed by atoms with Gasteiger partial charge >= 0.3 is 0 Å². The molecule has 2 rings (SSSR count). The third kappa shape index (κ3) is 1.50. The van der Waals surface area contributed by atoms with E-state index in [1.54, 1.807) is 0 Å². The first-order valence-corrected chi connectivity index (χ1v) is 5.29. The molecule has 1 aromatic rings. The Labute approximate surface area is 84.3 Å². The SMILES string of the molecule is CCN(CC)c1onc2c1CCNC2. The van der Waals surface area contributed by atoms with Crippen molar-refractivity contribution in [2.75, 3.05) is 24.5 Å². The highest BCUT2D eigenvalue weighted by atomic mass is 16.5. The number of nitrogens with zero attached hydrogens (tertiary/aromatic N) is 2. The lowest BCUT2D eigenvalue weighted by Gasteiger charge is -2.19. The number of fused-ring (bicyclic) bond motifs is 1. The molecule has 4 heteroatoms. The molecule has 0 spiro atoms. The van der Waals surface area contributed by atoms with Gasteiger partial charge in [-0.25, -0.2) is 0 Å². The van der Waals surface area contributed by atoms with Crippen LogP contribution >= 0.6 is 0 Å². The van der Waals surface area contributed by atoms with E-state index in [-0.39, 0.29) is 0 Å². The van der Waals surface area contributed by atoms with Crippen LogP contribution in [0.1, 0.15) is 25.1 Å². The minimum Gasteiger partial charge on any atom is -0.341 e. The van der Waals surface area contributed by atoms with Crippen LogP contribution in [0.4, 0.5) is 5.88 Å². The molecular formula is C10H17N3O. The van der Waals surface area contributed by atoms with Crippen molar-refractivity contribution in [3.8, 4) is 0 Å². The van der Waals surface area contributed by atoms with E-state index in [4.69, 9.17) is 4.52 Å². The van der Waals surface area contributed by atoms with Crippen molar-refractivity contribution in [3.63, 3.8) is 0 Å². The second kappa shape index (κ2) is 4.00. The maximum Gasteiger partial charge on any atom is 0.230 e. The summed E-state index contributed by atoms with van der Waals surface area (Å²) in [5.41, 5.74) is 2.38. The van der Waals surface area contributed by atoms with Gasteiger partial charge in [0.05, 0.1) is 0 Å². The highest BCUT2D eigenvalue weighted by Gasteiger charge is 2.21. The number of hydrogen-bond acceptors (Lipinski definition) is 4. The van der Waals surface area contributed by atoms with Gasteiger partial charge in [0, 0.05) is 25.2 Å². The zero-order chi connectivity index (χ0) is 9.97. The van der Waals surface area contributed by atoms with E-state index in [1.807, 2.05) is 0 Å². The van der Waals surface area contributed by atoms with E-state index < -0.39 is 0 Å². The standard InChI is InChI=1S/C10H17N3O/c1-3-13(4-2)10-8-5-6-11-7-9(8)12-14-10/h11H,3-7H2,1-2H3. The van der Waals surface area contributed by atoms with Gasteiger partial charge in [0.2, 0.25) is 5.88 Å². The van der Waals surface area contributed by atoms with Crippen LogP contribution in [0.25, 0.3) is 0 Å². The van der Waals surface area contributed by atoms with Crippen molar-refractivity contribution in [1.82, 2.24) is 10.5 Å². The normalized spacial score (nSPS) is 15.3. The maximum atomic E-state index is 5.40. The topological polar surface area (TPSA) is 41.3 Å². The molecule has 0 saturated heterocycles. The monoisotopic (exact) mass is 195 g/mol. The molecule has 0 atom stereocenters. The van der Waals surface area contributed by atoms with Gasteiger partial charge in [0.25, 0.3) is 0 Å². The van der Waals surface area contributed by atoms with Gasteiger partial charge in [-0.05, 0) is 26.8 Å². The summed E-state index contributed by atoms with van der Waals surface area (Å²) in [6.45, 7) is 8.11. The van der Waals surface area contributed by atoms with E-state index in [0.29, 0.717) is 0 Å². The minimum atomic E-state index is 0.847. The van der Waals surface area contributed by atoms with Crippen LogP contribution in [0.5, 0.6) is 0 Å². The lowest BCUT2D eigenvalue weighted by atomic mass is 10.1. The second-order valence-corrected chi connectivity index (χ2v) is 3.51. The number of anilines is 1. The van der Waals surface area contributed by atoms with Crippen molar-refractivity contribution >= 4 is 5.88 Å². The number of aromatic nitrogens is 1. The Kier molecular flexibility index (Phi) is 2.72. The zero-order valence-corrected chi connectivity index (χ0v) is 8.84. The molecule has 0 aliphatic carbocycles. The molecule has 0 unspecified atom stereocenters. The number of hydrogen-bond donors (Lipinski definition) is 1. The summed E-state index contributed by atoms with van der Waals surface area (Å²) in [6, 6.07) is 0. The largest absolute Gasteiger partial charge is 0.341 e. The van der Waals surface area contributed by atoms with E-state index in [1.165, 1.54) is 5.56 Å². The summed E-state index contributed by atoms with van der Waals surface area (Å²) in [4.78, 5) is 2.22. The van der Waals surface area contributed by atoms with Crippen LogP contribution in [0.15, 0.2) is 4.52 Å². The van der Waals surface area contributed by atoms with Gasteiger partial charge < -0.3 is 14.7 Å². The Morgan fingerprint density at radius 2 is 2.21 bits per heavy atom. The molecule has 0 aromatic carbocycles. The molecule has 1 aromatic heterocycles. The highest BCUT2D eigenvalue weighted by Crippen LogP contribution is 2.25. The summed E-state index contributed by atoms with van der Waals surface area (Å²) < 4.78 is 5.40. The lowest BCUT2D eigenvalue weighted by molar-refractivity contribution is 0.408. The molecule has 0 fully saturated rings. The third-order valence-corrected chi connectivity index (χ3v) is 2.74. The Hall–Kier alpha value is -1.03. The molecule has 0 radical (unpaired) electrons. The molecule has 1 aliphatic rings. The average Bonchev–Trinajstić information content (AvgIpc) is 2.65. The lowest BCUT2D eigenvalue weighted by Crippen LogP contribution is -2.27. The first kappa shape index (κ1) is 9.52. The molecular weight excluding hydrogens is 178 g/mol. The van der Waals surface area contributed by atoms with Gasteiger partial charge in [-0.3, -0.25) is 0 Å². The van der Waals surface area contributed by atoms with Crippen molar-refractivity contribution < 1.29 is 4.52 Å². The second-order valence-electron chi connectivity index (χ2n) is 3.51. The number of rotatable bonds is 3. The van der Waals surface area contributed by atoms with E-state index in [2.05, 4.69) is 29.2 Å². The summed E-state index contributed by atoms with van der Waals surface area (Å²) >= 11 is 0. The van der Waals surface area contributed by atoms with Crippen molar-refractivity contribution in [2.45, 2.75) is 26.8 Å². The van der Waals surface area contributed by atoms with Crippen LogP contribution in [0.2, 0.25) is 0 Å². The smallest absolute Gasteiger partial charge is 0.230 e. The average molecular weight is 195 g/mol. The maximum absolute atomic E-state index is 5.40. The molecule has 0 amide bonds. The minimum absolute atomic E-state index is 0.847. The molecule has 0 saturated carbocycles. The van der Waals surface area contributed by atoms with Gasteiger partial charge in [0.1, 0.15) is 5.69 Å². The molecule has 1 N–H and O–H groups in total. The zero-order valence-electron chi connectivity index (χ0n) is 8.84. The van der Waals surface area contributed by atoms with Gasteiger partial charge in [-0.2, -0.15) is 0 Å². The molecule has 1 aliphatic heterocycles. The fourth-order valence-corrected chi connectivity index (χ4v) is 1.90. The van der Waals surface area contributed by atoms with Crippen LogP contribution in [0.3, 0.4) is 0 Å². The van der Waals surface area contributed by atoms with Gasteiger partial charge in [-0.15, -0.1) is 0 Å². The Morgan fingerprint density at radius 3 is 2.93 bits per heavy atom. The third-order valence-electron chi connectivity index (χ3n) is 2.74. The predicted octanol–water partition coefficient (Wildman–Crippen LogP) is 1.17. The van der Waals surface area contributed by atoms with Crippen LogP contribution in [-0.4, -0.2) is 24.8 Å². The molecule has 2 heterocycles. The summed E-state index contributed by atoms with van der Waals surface area (Å²) in [5, 5.41) is 7.38. The van der Waals surface area contributed by atoms with E-state index in [0.717, 1.165) is 44.2 Å². The number of nitrogens with one attached hydrogen (secondary N) is 1. The molecule has 14 heavy (non-hydrogen) atoms. The van der Waals surface area contributed by atoms with Gasteiger partial charge in [-0.1, -0.05) is 5.16 Å². The first-order chi connectivity index (χ1) is 6.86.